The summed E-state index contributed by atoms with van der Waals surface area (Å²) in [5.41, 5.74) is 6.87. The molecule has 2 rings (SSSR count). The quantitative estimate of drug-likeness (QED) is 0.223. The number of rotatable bonds is 16. The van der Waals surface area contributed by atoms with E-state index in [0.717, 1.165) is 44.8 Å². The number of nitrogens with one attached hydrogen (secondary N) is 1. The van der Waals surface area contributed by atoms with Crippen molar-refractivity contribution in [2.45, 2.75) is 98.2 Å². The predicted octanol–water partition coefficient (Wildman–Crippen LogP) is 4.66. The predicted molar refractivity (Wildman–Crippen MR) is 127 cm³/mol. The van der Waals surface area contributed by atoms with Crippen molar-refractivity contribution < 1.29 is 9.36 Å². The first-order chi connectivity index (χ1) is 15.6. The normalized spacial score (nSPS) is 11.5. The molecule has 1 amide bonds. The number of unbranched alkanes of at least 4 members (excludes halogenated alkanes) is 6. The Kier molecular flexibility index (Phi) is 11.5. The molecule has 0 aliphatic heterocycles. The number of aryl methyl sites for hydroxylation is 3. The summed E-state index contributed by atoms with van der Waals surface area (Å²) in [5, 5.41) is 16.2. The minimum atomic E-state index is -0.00872. The standard InChI is InChI=1S/C23H40N8O/c1-4-6-8-10-14-29-17-18-30(15-12-13-25-20(3)32)23(29)28-27-21-19-26-31(22(21)24)16-11-9-7-5-2/h17-19,24H,4-16H2,1-3H3,(H,25,32)/p+1. The number of imidazole rings is 1. The highest BCUT2D eigenvalue weighted by molar-refractivity contribution is 5.72. The van der Waals surface area contributed by atoms with Crippen LogP contribution in [0.5, 0.6) is 0 Å². The van der Waals surface area contributed by atoms with Crippen LogP contribution in [0.1, 0.15) is 78.6 Å². The van der Waals surface area contributed by atoms with E-state index < -0.39 is 0 Å². The number of nitrogens with two attached hydrogens (primary N) is 1. The van der Waals surface area contributed by atoms with Crippen molar-refractivity contribution in [3.63, 3.8) is 0 Å². The summed E-state index contributed by atoms with van der Waals surface area (Å²) in [6, 6.07) is 0. The largest absolute Gasteiger partial charge is 0.421 e. The fraction of sp³-hybridized carbons (Fsp3) is 0.696. The van der Waals surface area contributed by atoms with Crippen LogP contribution in [0.15, 0.2) is 28.8 Å². The van der Waals surface area contributed by atoms with Crippen LogP contribution in [0.2, 0.25) is 0 Å². The van der Waals surface area contributed by atoms with Gasteiger partial charge in [-0.1, -0.05) is 57.5 Å². The maximum atomic E-state index is 11.1. The highest BCUT2D eigenvalue weighted by Crippen LogP contribution is 2.24. The molecule has 0 unspecified atom stereocenters. The summed E-state index contributed by atoms with van der Waals surface area (Å²) in [5.74, 6) is 1.34. The number of azo groups is 1. The Balaban J connectivity index is 2.08. The monoisotopic (exact) mass is 445 g/mol. The van der Waals surface area contributed by atoms with Crippen LogP contribution in [-0.2, 0) is 24.4 Å². The molecule has 0 aromatic carbocycles. The molecule has 2 aromatic heterocycles. The minimum Gasteiger partial charge on any atom is -0.382 e. The van der Waals surface area contributed by atoms with E-state index in [9.17, 15) is 4.79 Å². The van der Waals surface area contributed by atoms with Crippen molar-refractivity contribution in [3.8, 4) is 0 Å². The first-order valence-corrected chi connectivity index (χ1v) is 12.1. The number of carbonyl (C=O) groups is 1. The van der Waals surface area contributed by atoms with Gasteiger partial charge in [-0.3, -0.25) is 4.79 Å². The van der Waals surface area contributed by atoms with Gasteiger partial charge in [-0.25, -0.2) is 13.8 Å². The van der Waals surface area contributed by atoms with Crippen LogP contribution < -0.4 is 15.6 Å². The Labute approximate surface area is 192 Å². The third kappa shape index (κ3) is 8.43. The third-order valence-corrected chi connectivity index (χ3v) is 5.47. The van der Waals surface area contributed by atoms with Crippen molar-refractivity contribution in [1.82, 2.24) is 19.7 Å². The van der Waals surface area contributed by atoms with Crippen molar-refractivity contribution in [1.29, 1.82) is 0 Å². The van der Waals surface area contributed by atoms with Crippen LogP contribution in [-0.4, -0.2) is 26.8 Å². The maximum absolute atomic E-state index is 11.1. The van der Waals surface area contributed by atoms with Crippen LogP contribution >= 0.6 is 0 Å². The first-order valence-electron chi connectivity index (χ1n) is 12.1. The molecule has 0 saturated carbocycles. The molecule has 2 aromatic rings. The van der Waals surface area contributed by atoms with Gasteiger partial charge in [0.05, 0.1) is 31.7 Å². The molecule has 0 aliphatic rings. The lowest BCUT2D eigenvalue weighted by Crippen LogP contribution is -2.34. The second-order valence-electron chi connectivity index (χ2n) is 8.28. The van der Waals surface area contributed by atoms with Gasteiger partial charge in [-0.15, -0.1) is 0 Å². The molecular formula is C23H41N8O+. The molecule has 0 spiro atoms. The summed E-state index contributed by atoms with van der Waals surface area (Å²) in [6.07, 6.45) is 16.0. The molecule has 32 heavy (non-hydrogen) atoms. The van der Waals surface area contributed by atoms with Gasteiger partial charge >= 0.3 is 5.95 Å². The summed E-state index contributed by atoms with van der Waals surface area (Å²) in [7, 11) is 0. The van der Waals surface area contributed by atoms with Gasteiger partial charge in [-0.2, -0.15) is 5.10 Å². The van der Waals surface area contributed by atoms with Gasteiger partial charge in [0.25, 0.3) is 0 Å². The van der Waals surface area contributed by atoms with Gasteiger partial charge < -0.3 is 11.1 Å². The Hall–Kier alpha value is -2.71. The van der Waals surface area contributed by atoms with E-state index >= 15 is 0 Å². The third-order valence-electron chi connectivity index (χ3n) is 5.47. The van der Waals surface area contributed by atoms with Crippen molar-refractivity contribution >= 4 is 23.4 Å². The molecule has 0 fully saturated rings. The molecule has 0 aliphatic carbocycles. The summed E-state index contributed by atoms with van der Waals surface area (Å²) < 4.78 is 6.04. The molecule has 9 nitrogen and oxygen atoms in total. The summed E-state index contributed by atoms with van der Waals surface area (Å²) in [6.45, 7) is 9.05. The van der Waals surface area contributed by atoms with Gasteiger partial charge in [0.15, 0.2) is 11.5 Å². The van der Waals surface area contributed by atoms with E-state index in [1.165, 1.54) is 45.4 Å². The highest BCUT2D eigenvalue weighted by Gasteiger charge is 2.18. The van der Waals surface area contributed by atoms with Crippen molar-refractivity contribution in [3.05, 3.63) is 18.6 Å². The van der Waals surface area contributed by atoms with E-state index in [1.54, 1.807) is 6.20 Å². The Morgan fingerprint density at radius 1 is 1.06 bits per heavy atom. The van der Waals surface area contributed by atoms with Crippen molar-refractivity contribution in [2.24, 2.45) is 10.2 Å². The average Bonchev–Trinajstić information content (AvgIpc) is 3.33. The number of carbonyl (C=O) groups excluding carboxylic acids is 1. The summed E-state index contributed by atoms with van der Waals surface area (Å²) in [4.78, 5) is 11.1. The van der Waals surface area contributed by atoms with E-state index in [4.69, 9.17) is 5.73 Å². The Morgan fingerprint density at radius 2 is 1.78 bits per heavy atom. The molecule has 9 heteroatoms. The zero-order valence-electron chi connectivity index (χ0n) is 20.1. The fourth-order valence-corrected chi connectivity index (χ4v) is 3.57. The number of nitrogen functional groups attached to an aromatic ring is 1. The fourth-order valence-electron chi connectivity index (χ4n) is 3.57. The van der Waals surface area contributed by atoms with Crippen molar-refractivity contribution in [2.75, 3.05) is 12.3 Å². The number of aromatic nitrogens is 4. The molecule has 178 valence electrons. The highest BCUT2D eigenvalue weighted by atomic mass is 16.1. The second-order valence-corrected chi connectivity index (χ2v) is 8.28. The number of hydrogen-bond acceptors (Lipinski definition) is 5. The molecule has 2 heterocycles. The molecule has 0 bridgehead atoms. The Bertz CT molecular complexity index is 839. The molecule has 0 radical (unpaired) electrons. The van der Waals surface area contributed by atoms with Gasteiger partial charge in [0, 0.05) is 25.1 Å². The van der Waals surface area contributed by atoms with E-state index in [-0.39, 0.29) is 5.91 Å². The maximum Gasteiger partial charge on any atom is 0.421 e. The molecule has 0 saturated heterocycles. The SMILES string of the molecule is CCCCCCn1cc[n+](CCCNC(C)=O)c1N=Nc1cnn(CCCCCC)c1N. The van der Waals surface area contributed by atoms with Crippen LogP contribution in [0.3, 0.4) is 0 Å². The number of anilines is 1. The van der Waals surface area contributed by atoms with Crippen LogP contribution in [0.25, 0.3) is 0 Å². The number of amides is 1. The molecular weight excluding hydrogens is 404 g/mol. The first kappa shape index (κ1) is 25.5. The topological polar surface area (TPSA) is 106 Å². The summed E-state index contributed by atoms with van der Waals surface area (Å²) >= 11 is 0. The zero-order chi connectivity index (χ0) is 23.2. The van der Waals surface area contributed by atoms with Gasteiger partial charge in [0.1, 0.15) is 0 Å². The average molecular weight is 446 g/mol. The molecule has 0 atom stereocenters. The lowest BCUT2D eigenvalue weighted by Gasteiger charge is -2.03. The smallest absolute Gasteiger partial charge is 0.382 e. The van der Waals surface area contributed by atoms with Gasteiger partial charge in [-0.05, 0) is 19.3 Å². The van der Waals surface area contributed by atoms with Crippen LogP contribution in [0, 0.1) is 0 Å². The van der Waals surface area contributed by atoms with E-state index in [0.29, 0.717) is 18.1 Å². The number of nitrogens with zero attached hydrogens (tertiary/aromatic N) is 6. The van der Waals surface area contributed by atoms with E-state index in [1.807, 2.05) is 10.9 Å². The number of hydrogen-bond donors (Lipinski definition) is 2. The molecule has 3 N–H and O–H groups in total. The second kappa shape index (κ2) is 14.4. The zero-order valence-corrected chi connectivity index (χ0v) is 20.1. The minimum absolute atomic E-state index is 0.00872. The van der Waals surface area contributed by atoms with Crippen LogP contribution in [0.4, 0.5) is 17.5 Å². The lowest BCUT2D eigenvalue weighted by molar-refractivity contribution is -0.683. The lowest BCUT2D eigenvalue weighted by atomic mass is 10.2. The van der Waals surface area contributed by atoms with E-state index in [2.05, 4.69) is 49.8 Å². The van der Waals surface area contributed by atoms with Gasteiger partial charge in [0.2, 0.25) is 5.91 Å². The Morgan fingerprint density at radius 3 is 2.47 bits per heavy atom.